The van der Waals surface area contributed by atoms with Crippen LogP contribution < -0.4 is 0 Å². The van der Waals surface area contributed by atoms with Crippen molar-refractivity contribution in [3.63, 3.8) is 0 Å². The first-order valence-corrected chi connectivity index (χ1v) is 6.84. The minimum atomic E-state index is 0.515. The highest BCUT2D eigenvalue weighted by Crippen LogP contribution is 2.34. The van der Waals surface area contributed by atoms with Gasteiger partial charge in [-0.1, -0.05) is 35.3 Å². The first-order valence-electron chi connectivity index (χ1n) is 6.08. The van der Waals surface area contributed by atoms with Gasteiger partial charge in [0.05, 0.1) is 15.7 Å². The summed E-state index contributed by atoms with van der Waals surface area (Å²) in [5, 5.41) is 1.04. The number of aromatic amines is 1. The molecule has 0 amide bonds. The fourth-order valence-corrected chi connectivity index (χ4v) is 2.44. The number of hydrogen-bond donors (Lipinski definition) is 1. The van der Waals surface area contributed by atoms with E-state index in [0.717, 1.165) is 28.3 Å². The van der Waals surface area contributed by atoms with E-state index in [4.69, 9.17) is 23.2 Å². The highest BCUT2D eigenvalue weighted by atomic mass is 35.5. The smallest absolute Gasteiger partial charge is 0.139 e. The largest absolute Gasteiger partial charge is 0.341 e. The molecule has 1 N–H and O–H groups in total. The highest BCUT2D eigenvalue weighted by molar-refractivity contribution is 6.43. The van der Waals surface area contributed by atoms with E-state index in [1.54, 1.807) is 18.5 Å². The lowest BCUT2D eigenvalue weighted by molar-refractivity contribution is 1.23. The summed E-state index contributed by atoms with van der Waals surface area (Å²) in [5.41, 5.74) is 3.49. The second kappa shape index (κ2) is 5.27. The number of aromatic nitrogens is 3. The average Bonchev–Trinajstić information content (AvgIpc) is 2.85. The fraction of sp³-hybridized carbons (Fsp3) is 0.0667. The molecule has 1 aromatic carbocycles. The SMILES string of the molecule is Cc1[nH]c(-c2cccnc2)nc1-c1cccc(Cl)c1Cl. The Kier molecular flexibility index (Phi) is 3.47. The van der Waals surface area contributed by atoms with Gasteiger partial charge in [0.1, 0.15) is 5.82 Å². The van der Waals surface area contributed by atoms with Gasteiger partial charge < -0.3 is 4.98 Å². The van der Waals surface area contributed by atoms with Gasteiger partial charge in [0.15, 0.2) is 0 Å². The molecule has 20 heavy (non-hydrogen) atoms. The summed E-state index contributed by atoms with van der Waals surface area (Å²) in [7, 11) is 0. The zero-order valence-electron chi connectivity index (χ0n) is 10.7. The van der Waals surface area contributed by atoms with Crippen LogP contribution in [0.15, 0.2) is 42.7 Å². The first-order chi connectivity index (χ1) is 9.66. The lowest BCUT2D eigenvalue weighted by atomic mass is 10.1. The Labute approximate surface area is 126 Å². The number of nitrogens with one attached hydrogen (secondary N) is 1. The van der Waals surface area contributed by atoms with Crippen molar-refractivity contribution in [3.8, 4) is 22.6 Å². The van der Waals surface area contributed by atoms with Crippen molar-refractivity contribution in [1.29, 1.82) is 0 Å². The molecule has 100 valence electrons. The zero-order chi connectivity index (χ0) is 14.1. The molecular formula is C15H11Cl2N3. The molecule has 2 aromatic heterocycles. The van der Waals surface area contributed by atoms with Gasteiger partial charge in [-0.05, 0) is 25.1 Å². The van der Waals surface area contributed by atoms with Crippen LogP contribution >= 0.6 is 23.2 Å². The van der Waals surface area contributed by atoms with E-state index < -0.39 is 0 Å². The molecule has 0 aliphatic heterocycles. The third-order valence-electron chi connectivity index (χ3n) is 3.03. The van der Waals surface area contributed by atoms with Gasteiger partial charge in [-0.2, -0.15) is 0 Å². The van der Waals surface area contributed by atoms with Crippen molar-refractivity contribution < 1.29 is 0 Å². The monoisotopic (exact) mass is 303 g/mol. The first kappa shape index (κ1) is 13.2. The van der Waals surface area contributed by atoms with E-state index in [1.165, 1.54) is 0 Å². The molecule has 3 aromatic rings. The topological polar surface area (TPSA) is 41.6 Å². The zero-order valence-corrected chi connectivity index (χ0v) is 12.2. The Morgan fingerprint density at radius 2 is 1.95 bits per heavy atom. The van der Waals surface area contributed by atoms with Crippen molar-refractivity contribution in [3.05, 3.63) is 58.5 Å². The predicted octanol–water partition coefficient (Wildman–Crippen LogP) is 4.75. The van der Waals surface area contributed by atoms with Crippen molar-refractivity contribution in [2.45, 2.75) is 6.92 Å². The normalized spacial score (nSPS) is 10.8. The maximum Gasteiger partial charge on any atom is 0.139 e. The van der Waals surface area contributed by atoms with Gasteiger partial charge in [-0.3, -0.25) is 4.98 Å². The van der Waals surface area contributed by atoms with E-state index >= 15 is 0 Å². The molecule has 0 spiro atoms. The number of rotatable bonds is 2. The standard InChI is InChI=1S/C15H11Cl2N3/c1-9-14(11-5-2-6-12(16)13(11)17)20-15(19-9)10-4-3-7-18-8-10/h2-8H,1H3,(H,19,20). The quantitative estimate of drug-likeness (QED) is 0.742. The number of pyridine rings is 1. The van der Waals surface area contributed by atoms with Crippen LogP contribution in [0.2, 0.25) is 10.0 Å². The van der Waals surface area contributed by atoms with Gasteiger partial charge in [0.25, 0.3) is 0 Å². The van der Waals surface area contributed by atoms with Crippen LogP contribution in [0.4, 0.5) is 0 Å². The molecule has 0 saturated carbocycles. The van der Waals surface area contributed by atoms with Crippen LogP contribution in [0, 0.1) is 6.92 Å². The Hall–Kier alpha value is -1.84. The number of nitrogens with zero attached hydrogens (tertiary/aromatic N) is 2. The Balaban J connectivity index is 2.12. The third-order valence-corrected chi connectivity index (χ3v) is 3.85. The highest BCUT2D eigenvalue weighted by Gasteiger charge is 2.14. The van der Waals surface area contributed by atoms with Crippen LogP contribution in [0.5, 0.6) is 0 Å². The van der Waals surface area contributed by atoms with E-state index in [0.29, 0.717) is 10.0 Å². The van der Waals surface area contributed by atoms with E-state index in [9.17, 15) is 0 Å². The van der Waals surface area contributed by atoms with Gasteiger partial charge in [-0.15, -0.1) is 0 Å². The molecule has 3 rings (SSSR count). The molecule has 0 bridgehead atoms. The molecule has 0 aliphatic rings. The van der Waals surface area contributed by atoms with Crippen LogP contribution in [0.3, 0.4) is 0 Å². The molecule has 5 heteroatoms. The number of aryl methyl sites for hydroxylation is 1. The number of hydrogen-bond acceptors (Lipinski definition) is 2. The lowest BCUT2D eigenvalue weighted by Gasteiger charge is -2.03. The Morgan fingerprint density at radius 1 is 1.10 bits per heavy atom. The fourth-order valence-electron chi connectivity index (χ4n) is 2.05. The predicted molar refractivity (Wildman–Crippen MR) is 82.0 cm³/mol. The third kappa shape index (κ3) is 2.30. The Bertz CT molecular complexity index is 751. The molecule has 3 nitrogen and oxygen atoms in total. The van der Waals surface area contributed by atoms with Gasteiger partial charge in [-0.25, -0.2) is 4.98 Å². The van der Waals surface area contributed by atoms with Gasteiger partial charge in [0.2, 0.25) is 0 Å². The molecule has 0 fully saturated rings. The van der Waals surface area contributed by atoms with Crippen molar-refractivity contribution in [2.24, 2.45) is 0 Å². The summed E-state index contributed by atoms with van der Waals surface area (Å²) in [4.78, 5) is 12.0. The second-order valence-corrected chi connectivity index (χ2v) is 5.19. The minimum absolute atomic E-state index is 0.515. The van der Waals surface area contributed by atoms with E-state index in [2.05, 4.69) is 15.0 Å². The number of H-pyrrole nitrogens is 1. The molecular weight excluding hydrogens is 293 g/mol. The molecule has 0 atom stereocenters. The van der Waals surface area contributed by atoms with Gasteiger partial charge >= 0.3 is 0 Å². The lowest BCUT2D eigenvalue weighted by Crippen LogP contribution is -1.84. The summed E-state index contributed by atoms with van der Waals surface area (Å²) >= 11 is 12.3. The minimum Gasteiger partial charge on any atom is -0.341 e. The number of imidazole rings is 1. The van der Waals surface area contributed by atoms with Crippen molar-refractivity contribution in [1.82, 2.24) is 15.0 Å². The van der Waals surface area contributed by atoms with Crippen LogP contribution in [0.1, 0.15) is 5.69 Å². The van der Waals surface area contributed by atoms with Crippen LogP contribution in [0.25, 0.3) is 22.6 Å². The molecule has 0 aliphatic carbocycles. The second-order valence-electron chi connectivity index (χ2n) is 4.40. The summed E-state index contributed by atoms with van der Waals surface area (Å²) in [6.07, 6.45) is 3.50. The molecule has 2 heterocycles. The number of benzene rings is 1. The molecule has 0 saturated heterocycles. The van der Waals surface area contributed by atoms with Gasteiger partial charge in [0, 0.05) is 29.2 Å². The number of halogens is 2. The molecule has 0 unspecified atom stereocenters. The summed E-state index contributed by atoms with van der Waals surface area (Å²) in [6, 6.07) is 9.36. The van der Waals surface area contributed by atoms with Crippen molar-refractivity contribution >= 4 is 23.2 Å². The van der Waals surface area contributed by atoms with E-state index in [-0.39, 0.29) is 0 Å². The average molecular weight is 304 g/mol. The van der Waals surface area contributed by atoms with Crippen LogP contribution in [-0.2, 0) is 0 Å². The summed E-state index contributed by atoms with van der Waals surface area (Å²) in [6.45, 7) is 1.96. The van der Waals surface area contributed by atoms with E-state index in [1.807, 2.05) is 31.2 Å². The maximum absolute atomic E-state index is 6.26. The summed E-state index contributed by atoms with van der Waals surface area (Å²) in [5.74, 6) is 0.765. The van der Waals surface area contributed by atoms with Crippen molar-refractivity contribution in [2.75, 3.05) is 0 Å². The maximum atomic E-state index is 6.26. The Morgan fingerprint density at radius 3 is 2.70 bits per heavy atom. The molecule has 0 radical (unpaired) electrons. The van der Waals surface area contributed by atoms with Crippen LogP contribution in [-0.4, -0.2) is 15.0 Å². The summed E-state index contributed by atoms with van der Waals surface area (Å²) < 4.78 is 0.